The molecule has 5 nitrogen and oxygen atoms in total. The van der Waals surface area contributed by atoms with E-state index in [-0.39, 0.29) is 5.82 Å². The quantitative estimate of drug-likeness (QED) is 0.547. The van der Waals surface area contributed by atoms with Gasteiger partial charge < -0.3 is 5.21 Å². The van der Waals surface area contributed by atoms with Gasteiger partial charge in [0.1, 0.15) is 17.2 Å². The third-order valence-electron chi connectivity index (χ3n) is 4.20. The number of pyridine rings is 1. The number of hydrogen-bond donors (Lipinski definition) is 1. The lowest BCUT2D eigenvalue weighted by Crippen LogP contribution is -1.97. The standard InChI is InChI=1S/C21H13FN4O/c22-18-7-5-15(6-8-18)19-20(16-9-11-24-12-10-16)26(27)21(25-19)17-3-1-14(13-23)2-4-17/h1-12,27H. The maximum Gasteiger partial charge on any atom is 0.176 e. The highest BCUT2D eigenvalue weighted by atomic mass is 19.1. The number of nitriles is 1. The van der Waals surface area contributed by atoms with Crippen LogP contribution in [0.1, 0.15) is 5.56 Å². The Morgan fingerprint density at radius 3 is 2.11 bits per heavy atom. The minimum atomic E-state index is -0.347. The van der Waals surface area contributed by atoms with Gasteiger partial charge in [-0.25, -0.2) is 9.37 Å². The molecule has 0 atom stereocenters. The lowest BCUT2D eigenvalue weighted by atomic mass is 10.1. The Labute approximate surface area is 154 Å². The average molecular weight is 356 g/mol. The zero-order chi connectivity index (χ0) is 18.8. The predicted octanol–water partition coefficient (Wildman–Crippen LogP) is 4.53. The molecule has 1 N–H and O–H groups in total. The van der Waals surface area contributed by atoms with Crippen molar-refractivity contribution in [1.82, 2.24) is 14.7 Å². The topological polar surface area (TPSA) is 74.7 Å². The zero-order valence-corrected chi connectivity index (χ0v) is 14.0. The van der Waals surface area contributed by atoms with Crippen LogP contribution in [0.5, 0.6) is 0 Å². The molecule has 0 spiro atoms. The average Bonchev–Trinajstić information content (AvgIpc) is 3.06. The van der Waals surface area contributed by atoms with Crippen molar-refractivity contribution >= 4 is 0 Å². The molecule has 0 aliphatic carbocycles. The summed E-state index contributed by atoms with van der Waals surface area (Å²) in [4.78, 5) is 8.61. The molecule has 4 aromatic rings. The second-order valence-corrected chi connectivity index (χ2v) is 5.88. The summed E-state index contributed by atoms with van der Waals surface area (Å²) in [5.41, 5.74) is 3.56. The summed E-state index contributed by atoms with van der Waals surface area (Å²) < 4.78 is 14.3. The van der Waals surface area contributed by atoms with E-state index in [0.29, 0.717) is 33.9 Å². The van der Waals surface area contributed by atoms with Gasteiger partial charge in [0, 0.05) is 29.1 Å². The van der Waals surface area contributed by atoms with Gasteiger partial charge in [0.2, 0.25) is 0 Å². The summed E-state index contributed by atoms with van der Waals surface area (Å²) in [6, 6.07) is 18.3. The van der Waals surface area contributed by atoms with E-state index in [1.807, 2.05) is 0 Å². The van der Waals surface area contributed by atoms with Gasteiger partial charge in [0.25, 0.3) is 0 Å². The number of aromatic nitrogens is 3. The van der Waals surface area contributed by atoms with E-state index in [4.69, 9.17) is 5.26 Å². The lowest BCUT2D eigenvalue weighted by Gasteiger charge is -2.06. The molecule has 2 aromatic carbocycles. The Morgan fingerprint density at radius 1 is 0.852 bits per heavy atom. The molecular weight excluding hydrogens is 343 g/mol. The molecule has 0 unspecified atom stereocenters. The summed E-state index contributed by atoms with van der Waals surface area (Å²) in [6.07, 6.45) is 3.25. The third kappa shape index (κ3) is 3.02. The molecule has 0 saturated heterocycles. The Balaban J connectivity index is 1.94. The van der Waals surface area contributed by atoms with Crippen molar-refractivity contribution in [2.75, 3.05) is 0 Å². The van der Waals surface area contributed by atoms with Crippen molar-refractivity contribution in [2.45, 2.75) is 0 Å². The van der Waals surface area contributed by atoms with Crippen LogP contribution in [0.3, 0.4) is 0 Å². The summed E-state index contributed by atoms with van der Waals surface area (Å²) in [7, 11) is 0. The molecule has 6 heteroatoms. The van der Waals surface area contributed by atoms with E-state index in [0.717, 1.165) is 10.3 Å². The Morgan fingerprint density at radius 2 is 1.48 bits per heavy atom. The van der Waals surface area contributed by atoms with Crippen LogP contribution in [0.25, 0.3) is 33.9 Å². The van der Waals surface area contributed by atoms with Crippen LogP contribution in [-0.4, -0.2) is 19.9 Å². The normalized spacial score (nSPS) is 10.5. The first kappa shape index (κ1) is 16.5. The molecule has 0 fully saturated rings. The van der Waals surface area contributed by atoms with E-state index in [9.17, 15) is 9.60 Å². The van der Waals surface area contributed by atoms with Gasteiger partial charge in [-0.2, -0.15) is 9.99 Å². The van der Waals surface area contributed by atoms with Gasteiger partial charge in [-0.1, -0.05) is 0 Å². The maximum absolute atomic E-state index is 13.3. The number of halogens is 1. The number of rotatable bonds is 3. The monoisotopic (exact) mass is 356 g/mol. The van der Waals surface area contributed by atoms with E-state index in [1.165, 1.54) is 12.1 Å². The summed E-state index contributed by atoms with van der Waals surface area (Å²) in [5, 5.41) is 19.8. The van der Waals surface area contributed by atoms with Gasteiger partial charge in [-0.3, -0.25) is 4.98 Å². The van der Waals surface area contributed by atoms with Gasteiger partial charge >= 0.3 is 0 Å². The van der Waals surface area contributed by atoms with Crippen LogP contribution in [0.15, 0.2) is 73.1 Å². The van der Waals surface area contributed by atoms with Crippen molar-refractivity contribution in [1.29, 1.82) is 5.26 Å². The van der Waals surface area contributed by atoms with Gasteiger partial charge in [0.05, 0.1) is 11.6 Å². The molecule has 2 aromatic heterocycles. The molecule has 0 aliphatic rings. The molecule has 0 amide bonds. The summed E-state index contributed by atoms with van der Waals surface area (Å²) in [5.74, 6) is -0.0226. The molecular formula is C21H13FN4O. The van der Waals surface area contributed by atoms with Crippen LogP contribution in [0.2, 0.25) is 0 Å². The number of hydrogen-bond acceptors (Lipinski definition) is 4. The van der Waals surface area contributed by atoms with Crippen LogP contribution in [-0.2, 0) is 0 Å². The second kappa shape index (κ2) is 6.73. The highest BCUT2D eigenvalue weighted by Crippen LogP contribution is 2.35. The lowest BCUT2D eigenvalue weighted by molar-refractivity contribution is 0.195. The van der Waals surface area contributed by atoms with E-state index < -0.39 is 0 Å². The van der Waals surface area contributed by atoms with Crippen molar-refractivity contribution in [2.24, 2.45) is 0 Å². The van der Waals surface area contributed by atoms with Crippen molar-refractivity contribution < 1.29 is 9.60 Å². The van der Waals surface area contributed by atoms with Crippen LogP contribution >= 0.6 is 0 Å². The highest BCUT2D eigenvalue weighted by molar-refractivity contribution is 5.81. The fourth-order valence-corrected chi connectivity index (χ4v) is 2.87. The minimum absolute atomic E-state index is 0.325. The van der Waals surface area contributed by atoms with Gasteiger partial charge in [-0.05, 0) is 60.7 Å². The first-order valence-corrected chi connectivity index (χ1v) is 8.16. The van der Waals surface area contributed by atoms with E-state index in [1.54, 1.807) is 60.9 Å². The molecule has 130 valence electrons. The highest BCUT2D eigenvalue weighted by Gasteiger charge is 2.21. The van der Waals surface area contributed by atoms with E-state index in [2.05, 4.69) is 16.0 Å². The SMILES string of the molecule is N#Cc1ccc(-c2nc(-c3ccc(F)cc3)c(-c3ccncc3)n2O)cc1. The molecule has 0 aliphatic heterocycles. The maximum atomic E-state index is 13.3. The second-order valence-electron chi connectivity index (χ2n) is 5.88. The Bertz CT molecular complexity index is 1130. The first-order valence-electron chi connectivity index (χ1n) is 8.16. The molecule has 27 heavy (non-hydrogen) atoms. The summed E-state index contributed by atoms with van der Waals surface area (Å²) in [6.45, 7) is 0. The smallest absolute Gasteiger partial charge is 0.176 e. The molecule has 4 rings (SSSR count). The van der Waals surface area contributed by atoms with Crippen molar-refractivity contribution in [3.8, 4) is 40.0 Å². The predicted molar refractivity (Wildman–Crippen MR) is 98.2 cm³/mol. The van der Waals surface area contributed by atoms with Crippen LogP contribution in [0.4, 0.5) is 4.39 Å². The van der Waals surface area contributed by atoms with Crippen LogP contribution < -0.4 is 0 Å². The summed E-state index contributed by atoms with van der Waals surface area (Å²) >= 11 is 0. The van der Waals surface area contributed by atoms with Crippen LogP contribution in [0, 0.1) is 17.1 Å². The number of imidazole rings is 1. The Hall–Kier alpha value is -3.98. The number of benzene rings is 2. The largest absolute Gasteiger partial charge is 0.426 e. The van der Waals surface area contributed by atoms with Crippen molar-refractivity contribution in [3.63, 3.8) is 0 Å². The molecule has 2 heterocycles. The Kier molecular flexibility index (Phi) is 4.11. The first-order chi connectivity index (χ1) is 13.2. The molecule has 0 saturated carbocycles. The van der Waals surface area contributed by atoms with Gasteiger partial charge in [-0.15, -0.1) is 0 Å². The van der Waals surface area contributed by atoms with Crippen molar-refractivity contribution in [3.05, 3.63) is 84.4 Å². The minimum Gasteiger partial charge on any atom is -0.426 e. The van der Waals surface area contributed by atoms with E-state index >= 15 is 0 Å². The molecule has 0 radical (unpaired) electrons. The third-order valence-corrected chi connectivity index (χ3v) is 4.20. The fraction of sp³-hybridized carbons (Fsp3) is 0. The zero-order valence-electron chi connectivity index (χ0n) is 14.0. The fourth-order valence-electron chi connectivity index (χ4n) is 2.87. The number of nitrogens with zero attached hydrogens (tertiary/aromatic N) is 4. The van der Waals surface area contributed by atoms with Gasteiger partial charge in [0.15, 0.2) is 5.82 Å². The molecule has 0 bridgehead atoms.